The molecular weight excluding hydrogens is 334 g/mol. The SMILES string of the molecule is CCOC(=O)C(C)Oc1c(C)cc(Br)cc1CC(N)CC. The molecule has 5 heteroatoms. The number of halogens is 1. The summed E-state index contributed by atoms with van der Waals surface area (Å²) in [5, 5.41) is 0. The molecule has 2 N–H and O–H groups in total. The van der Waals surface area contributed by atoms with Crippen LogP contribution in [0.3, 0.4) is 0 Å². The van der Waals surface area contributed by atoms with Gasteiger partial charge in [-0.3, -0.25) is 0 Å². The fraction of sp³-hybridized carbons (Fsp3) is 0.562. The van der Waals surface area contributed by atoms with E-state index >= 15 is 0 Å². The summed E-state index contributed by atoms with van der Waals surface area (Å²) in [5.41, 5.74) is 8.03. The second-order valence-electron chi connectivity index (χ2n) is 5.10. The van der Waals surface area contributed by atoms with Crippen molar-refractivity contribution < 1.29 is 14.3 Å². The molecule has 4 nitrogen and oxygen atoms in total. The molecule has 0 aliphatic carbocycles. The van der Waals surface area contributed by atoms with E-state index in [1.165, 1.54) is 0 Å². The molecule has 1 rings (SSSR count). The number of carbonyl (C=O) groups excluding carboxylic acids is 1. The lowest BCUT2D eigenvalue weighted by molar-refractivity contribution is -0.150. The maximum absolute atomic E-state index is 11.7. The average molecular weight is 358 g/mol. The summed E-state index contributed by atoms with van der Waals surface area (Å²) in [4.78, 5) is 11.7. The first-order chi connectivity index (χ1) is 9.88. The number of ether oxygens (including phenoxy) is 2. The van der Waals surface area contributed by atoms with Crippen molar-refractivity contribution in [2.75, 3.05) is 6.61 Å². The summed E-state index contributed by atoms with van der Waals surface area (Å²) in [7, 11) is 0. The molecule has 1 aromatic carbocycles. The summed E-state index contributed by atoms with van der Waals surface area (Å²) >= 11 is 3.49. The minimum atomic E-state index is -0.638. The van der Waals surface area contributed by atoms with Gasteiger partial charge in [-0.1, -0.05) is 22.9 Å². The fourth-order valence-corrected chi connectivity index (χ4v) is 2.65. The molecule has 0 fully saturated rings. The Morgan fingerprint density at radius 1 is 1.38 bits per heavy atom. The van der Waals surface area contributed by atoms with Crippen molar-refractivity contribution >= 4 is 21.9 Å². The van der Waals surface area contributed by atoms with Crippen LogP contribution in [0.25, 0.3) is 0 Å². The van der Waals surface area contributed by atoms with Gasteiger partial charge in [0.2, 0.25) is 0 Å². The molecule has 0 amide bonds. The van der Waals surface area contributed by atoms with Crippen LogP contribution in [0.2, 0.25) is 0 Å². The van der Waals surface area contributed by atoms with E-state index in [4.69, 9.17) is 15.2 Å². The minimum Gasteiger partial charge on any atom is -0.478 e. The van der Waals surface area contributed by atoms with Gasteiger partial charge in [-0.15, -0.1) is 0 Å². The lowest BCUT2D eigenvalue weighted by Gasteiger charge is -2.20. The van der Waals surface area contributed by atoms with E-state index in [2.05, 4.69) is 22.9 Å². The lowest BCUT2D eigenvalue weighted by atomic mass is 10.0. The molecule has 0 bridgehead atoms. The van der Waals surface area contributed by atoms with Gasteiger partial charge in [0.05, 0.1) is 6.61 Å². The number of aryl methyl sites for hydroxylation is 1. The van der Waals surface area contributed by atoms with Gasteiger partial charge < -0.3 is 15.2 Å². The normalized spacial score (nSPS) is 13.6. The second-order valence-corrected chi connectivity index (χ2v) is 6.01. The highest BCUT2D eigenvalue weighted by molar-refractivity contribution is 9.10. The van der Waals surface area contributed by atoms with Crippen LogP contribution in [0.4, 0.5) is 0 Å². The molecule has 0 aliphatic rings. The predicted octanol–water partition coefficient (Wildman–Crippen LogP) is 3.37. The molecule has 0 saturated heterocycles. The van der Waals surface area contributed by atoms with Crippen molar-refractivity contribution in [1.29, 1.82) is 0 Å². The van der Waals surface area contributed by atoms with Crippen LogP contribution < -0.4 is 10.5 Å². The smallest absolute Gasteiger partial charge is 0.347 e. The summed E-state index contributed by atoms with van der Waals surface area (Å²) in [5.74, 6) is 0.369. The third-order valence-corrected chi connectivity index (χ3v) is 3.69. The van der Waals surface area contributed by atoms with Crippen molar-refractivity contribution in [3.63, 3.8) is 0 Å². The highest BCUT2D eigenvalue weighted by Gasteiger charge is 2.20. The van der Waals surface area contributed by atoms with Crippen molar-refractivity contribution in [3.05, 3.63) is 27.7 Å². The Bertz CT molecular complexity index is 491. The highest BCUT2D eigenvalue weighted by atomic mass is 79.9. The molecule has 0 spiro atoms. The number of hydrogen-bond acceptors (Lipinski definition) is 4. The Labute approximate surface area is 135 Å². The zero-order valence-electron chi connectivity index (χ0n) is 13.1. The monoisotopic (exact) mass is 357 g/mol. The first-order valence-corrected chi connectivity index (χ1v) is 8.06. The van der Waals surface area contributed by atoms with E-state index in [1.807, 2.05) is 19.1 Å². The van der Waals surface area contributed by atoms with E-state index in [9.17, 15) is 4.79 Å². The van der Waals surface area contributed by atoms with Crippen LogP contribution in [0, 0.1) is 6.92 Å². The molecule has 2 unspecified atom stereocenters. The van der Waals surface area contributed by atoms with E-state index < -0.39 is 6.10 Å². The van der Waals surface area contributed by atoms with Gasteiger partial charge in [0.15, 0.2) is 6.10 Å². The van der Waals surface area contributed by atoms with Crippen LogP contribution >= 0.6 is 15.9 Å². The average Bonchev–Trinajstić information content (AvgIpc) is 2.42. The molecule has 0 aromatic heterocycles. The molecular formula is C16H24BrNO3. The van der Waals surface area contributed by atoms with Crippen molar-refractivity contribution in [2.24, 2.45) is 5.73 Å². The number of nitrogens with two attached hydrogens (primary N) is 1. The van der Waals surface area contributed by atoms with Crippen molar-refractivity contribution in [2.45, 2.75) is 52.7 Å². The molecule has 0 aliphatic heterocycles. The zero-order chi connectivity index (χ0) is 16.0. The van der Waals surface area contributed by atoms with Crippen LogP contribution in [0.15, 0.2) is 16.6 Å². The van der Waals surface area contributed by atoms with Crippen LogP contribution in [0.1, 0.15) is 38.3 Å². The predicted molar refractivity (Wildman–Crippen MR) is 87.6 cm³/mol. The summed E-state index contributed by atoms with van der Waals surface area (Å²) < 4.78 is 11.8. The van der Waals surface area contributed by atoms with E-state index in [0.717, 1.165) is 27.8 Å². The molecule has 118 valence electrons. The van der Waals surface area contributed by atoms with Gasteiger partial charge >= 0.3 is 5.97 Å². The van der Waals surface area contributed by atoms with Gasteiger partial charge in [-0.25, -0.2) is 4.79 Å². The number of hydrogen-bond donors (Lipinski definition) is 1. The highest BCUT2D eigenvalue weighted by Crippen LogP contribution is 2.30. The van der Waals surface area contributed by atoms with Gasteiger partial charge in [-0.05, 0) is 56.9 Å². The van der Waals surface area contributed by atoms with Gasteiger partial charge in [0.25, 0.3) is 0 Å². The standard InChI is InChI=1S/C16H24BrNO3/c1-5-14(18)9-12-8-13(17)7-10(3)15(12)21-11(4)16(19)20-6-2/h7-8,11,14H,5-6,9,18H2,1-4H3. The Kier molecular flexibility index (Phi) is 7.18. The molecule has 21 heavy (non-hydrogen) atoms. The number of benzene rings is 1. The largest absolute Gasteiger partial charge is 0.478 e. The topological polar surface area (TPSA) is 61.5 Å². The second kappa shape index (κ2) is 8.39. The molecule has 0 saturated carbocycles. The van der Waals surface area contributed by atoms with Crippen LogP contribution in [0.5, 0.6) is 5.75 Å². The first kappa shape index (κ1) is 18.0. The van der Waals surface area contributed by atoms with Crippen LogP contribution in [-0.4, -0.2) is 24.7 Å². The van der Waals surface area contributed by atoms with Crippen molar-refractivity contribution in [1.82, 2.24) is 0 Å². The summed E-state index contributed by atoms with van der Waals surface area (Å²) in [6, 6.07) is 4.03. The molecule has 0 heterocycles. The maximum atomic E-state index is 11.7. The zero-order valence-corrected chi connectivity index (χ0v) is 14.7. The Morgan fingerprint density at radius 3 is 2.62 bits per heavy atom. The number of esters is 1. The van der Waals surface area contributed by atoms with Crippen molar-refractivity contribution in [3.8, 4) is 5.75 Å². The third kappa shape index (κ3) is 5.32. The molecule has 1 aromatic rings. The first-order valence-electron chi connectivity index (χ1n) is 7.26. The van der Waals surface area contributed by atoms with E-state index in [1.54, 1.807) is 13.8 Å². The van der Waals surface area contributed by atoms with Gasteiger partial charge in [0.1, 0.15) is 5.75 Å². The lowest BCUT2D eigenvalue weighted by Crippen LogP contribution is -2.28. The fourth-order valence-electron chi connectivity index (χ4n) is 2.03. The number of carbonyl (C=O) groups is 1. The molecule has 2 atom stereocenters. The summed E-state index contributed by atoms with van der Waals surface area (Å²) in [6.45, 7) is 7.83. The quantitative estimate of drug-likeness (QED) is 0.760. The Hall–Kier alpha value is -1.07. The van der Waals surface area contributed by atoms with Gasteiger partial charge in [-0.2, -0.15) is 0 Å². The van der Waals surface area contributed by atoms with E-state index in [0.29, 0.717) is 13.0 Å². The number of rotatable bonds is 7. The van der Waals surface area contributed by atoms with Gasteiger partial charge in [0, 0.05) is 10.5 Å². The maximum Gasteiger partial charge on any atom is 0.347 e. The molecule has 0 radical (unpaired) electrons. The van der Waals surface area contributed by atoms with Crippen LogP contribution in [-0.2, 0) is 16.0 Å². The Balaban J connectivity index is 3.01. The van der Waals surface area contributed by atoms with E-state index in [-0.39, 0.29) is 12.0 Å². The summed E-state index contributed by atoms with van der Waals surface area (Å²) in [6.07, 6.45) is 0.960. The Morgan fingerprint density at radius 2 is 2.05 bits per heavy atom. The minimum absolute atomic E-state index is 0.0685. The third-order valence-electron chi connectivity index (χ3n) is 3.24.